The minimum atomic E-state index is -4.29. The molecule has 0 spiro atoms. The maximum atomic E-state index is 12.7. The standard InChI is InChI=1S/C22H32F3N3O2/c1-26-21(27-12-9-17-5-7-18(8-6-17)22(23,24)25)28-13-10-19(11-14-28)30-16-20-4-2-3-15-29-20/h5-8,19-20H,2-4,9-16H2,1H3,(H,26,27). The quantitative estimate of drug-likeness (QED) is 0.553. The van der Waals surface area contributed by atoms with Gasteiger partial charge in [-0.1, -0.05) is 12.1 Å². The number of rotatable bonds is 6. The van der Waals surface area contributed by atoms with Crippen molar-refractivity contribution in [2.45, 2.75) is 56.9 Å². The number of ether oxygens (including phenoxy) is 2. The van der Waals surface area contributed by atoms with E-state index in [2.05, 4.69) is 15.2 Å². The first kappa shape index (κ1) is 22.9. The van der Waals surface area contributed by atoms with Crippen LogP contribution in [0.4, 0.5) is 13.2 Å². The lowest BCUT2D eigenvalue weighted by Crippen LogP contribution is -2.47. The van der Waals surface area contributed by atoms with E-state index in [0.717, 1.165) is 69.0 Å². The first-order chi connectivity index (χ1) is 14.5. The summed E-state index contributed by atoms with van der Waals surface area (Å²) in [5.74, 6) is 0.830. The van der Waals surface area contributed by atoms with Gasteiger partial charge in [-0.3, -0.25) is 4.99 Å². The number of halogens is 3. The molecule has 3 rings (SSSR count). The molecule has 2 aliphatic rings. The minimum absolute atomic E-state index is 0.247. The van der Waals surface area contributed by atoms with E-state index in [1.54, 1.807) is 7.05 Å². The van der Waals surface area contributed by atoms with Crippen molar-refractivity contribution < 1.29 is 22.6 Å². The fourth-order valence-corrected chi connectivity index (χ4v) is 3.93. The second-order valence-corrected chi connectivity index (χ2v) is 7.93. The number of aliphatic imine (C=N–C) groups is 1. The molecule has 2 heterocycles. The van der Waals surface area contributed by atoms with E-state index in [4.69, 9.17) is 9.47 Å². The Balaban J connectivity index is 1.36. The van der Waals surface area contributed by atoms with Crippen molar-refractivity contribution in [1.29, 1.82) is 0 Å². The van der Waals surface area contributed by atoms with E-state index in [1.807, 2.05) is 0 Å². The number of nitrogens with one attached hydrogen (secondary N) is 1. The second-order valence-electron chi connectivity index (χ2n) is 7.93. The van der Waals surface area contributed by atoms with E-state index >= 15 is 0 Å². The van der Waals surface area contributed by atoms with Gasteiger partial charge in [0.05, 0.1) is 24.4 Å². The lowest BCUT2D eigenvalue weighted by atomic mass is 10.1. The molecule has 5 nitrogen and oxygen atoms in total. The van der Waals surface area contributed by atoms with Crippen LogP contribution in [0.25, 0.3) is 0 Å². The molecule has 0 amide bonds. The highest BCUT2D eigenvalue weighted by atomic mass is 19.4. The molecule has 1 unspecified atom stereocenters. The summed E-state index contributed by atoms with van der Waals surface area (Å²) in [6.45, 7) is 3.89. The number of nitrogens with zero attached hydrogens (tertiary/aromatic N) is 2. The second kappa shape index (κ2) is 11.0. The first-order valence-corrected chi connectivity index (χ1v) is 10.8. The van der Waals surface area contributed by atoms with Crippen molar-refractivity contribution in [3.05, 3.63) is 35.4 Å². The van der Waals surface area contributed by atoms with Crippen molar-refractivity contribution in [2.75, 3.05) is 39.9 Å². The van der Waals surface area contributed by atoms with Crippen molar-refractivity contribution in [1.82, 2.24) is 10.2 Å². The monoisotopic (exact) mass is 427 g/mol. The maximum Gasteiger partial charge on any atom is 0.416 e. The number of guanidine groups is 1. The van der Waals surface area contributed by atoms with Crippen molar-refractivity contribution in [2.24, 2.45) is 4.99 Å². The van der Waals surface area contributed by atoms with Crippen LogP contribution >= 0.6 is 0 Å². The molecule has 30 heavy (non-hydrogen) atoms. The summed E-state index contributed by atoms with van der Waals surface area (Å²) in [7, 11) is 1.75. The van der Waals surface area contributed by atoms with E-state index in [1.165, 1.54) is 18.6 Å². The molecule has 1 aromatic carbocycles. The maximum absolute atomic E-state index is 12.7. The van der Waals surface area contributed by atoms with Crippen LogP contribution in [0.5, 0.6) is 0 Å². The van der Waals surface area contributed by atoms with Gasteiger partial charge in [0, 0.05) is 33.3 Å². The summed E-state index contributed by atoms with van der Waals surface area (Å²) in [4.78, 5) is 6.57. The van der Waals surface area contributed by atoms with Gasteiger partial charge in [-0.2, -0.15) is 13.2 Å². The van der Waals surface area contributed by atoms with E-state index < -0.39 is 11.7 Å². The number of alkyl halides is 3. The molecule has 1 N–H and O–H groups in total. The predicted octanol–water partition coefficient (Wildman–Crippen LogP) is 3.87. The molecule has 0 bridgehead atoms. The number of piperidine rings is 1. The Morgan fingerprint density at radius 2 is 1.90 bits per heavy atom. The van der Waals surface area contributed by atoms with Gasteiger partial charge in [0.2, 0.25) is 0 Å². The Bertz CT molecular complexity index is 665. The average Bonchev–Trinajstić information content (AvgIpc) is 2.76. The van der Waals surface area contributed by atoms with Gasteiger partial charge in [-0.05, 0) is 56.2 Å². The molecule has 2 aliphatic heterocycles. The Labute approximate surface area is 176 Å². The van der Waals surface area contributed by atoms with Crippen molar-refractivity contribution in [3.63, 3.8) is 0 Å². The third-order valence-electron chi connectivity index (χ3n) is 5.72. The molecule has 0 aromatic heterocycles. The number of hydrogen-bond donors (Lipinski definition) is 1. The van der Waals surface area contributed by atoms with E-state index in [0.29, 0.717) is 19.6 Å². The van der Waals surface area contributed by atoms with Gasteiger partial charge in [0.25, 0.3) is 0 Å². The van der Waals surface area contributed by atoms with Gasteiger partial charge in [0.15, 0.2) is 5.96 Å². The molecule has 1 aromatic rings. The summed E-state index contributed by atoms with van der Waals surface area (Å²) in [6.07, 6.45) is 2.22. The molecular formula is C22H32F3N3O2. The zero-order valence-corrected chi connectivity index (χ0v) is 17.6. The Morgan fingerprint density at radius 3 is 2.50 bits per heavy atom. The minimum Gasteiger partial charge on any atom is -0.376 e. The zero-order valence-electron chi connectivity index (χ0n) is 17.6. The molecule has 0 saturated carbocycles. The largest absolute Gasteiger partial charge is 0.416 e. The van der Waals surface area contributed by atoms with E-state index in [9.17, 15) is 13.2 Å². The van der Waals surface area contributed by atoms with Gasteiger partial charge >= 0.3 is 6.18 Å². The van der Waals surface area contributed by atoms with Gasteiger partial charge < -0.3 is 19.7 Å². The summed E-state index contributed by atoms with van der Waals surface area (Å²) in [5, 5.41) is 3.32. The van der Waals surface area contributed by atoms with E-state index in [-0.39, 0.29) is 12.2 Å². The SMILES string of the molecule is CN=C(NCCc1ccc(C(F)(F)F)cc1)N1CCC(OCC2CCCCO2)CC1. The van der Waals surface area contributed by atoms with Crippen LogP contribution in [0.3, 0.4) is 0 Å². The highest BCUT2D eigenvalue weighted by Crippen LogP contribution is 2.29. The average molecular weight is 428 g/mol. The molecule has 0 aliphatic carbocycles. The topological polar surface area (TPSA) is 46.1 Å². The van der Waals surface area contributed by atoms with Crippen LogP contribution in [0, 0.1) is 0 Å². The first-order valence-electron chi connectivity index (χ1n) is 10.8. The lowest BCUT2D eigenvalue weighted by molar-refractivity contribution is -0.137. The number of benzene rings is 1. The fourth-order valence-electron chi connectivity index (χ4n) is 3.93. The fraction of sp³-hybridized carbons (Fsp3) is 0.682. The molecule has 2 fully saturated rings. The predicted molar refractivity (Wildman–Crippen MR) is 111 cm³/mol. The van der Waals surface area contributed by atoms with Crippen molar-refractivity contribution in [3.8, 4) is 0 Å². The lowest BCUT2D eigenvalue weighted by Gasteiger charge is -2.35. The van der Waals surface area contributed by atoms with Crippen molar-refractivity contribution >= 4 is 5.96 Å². The van der Waals surface area contributed by atoms with Crippen LogP contribution in [-0.2, 0) is 22.1 Å². The number of likely N-dealkylation sites (tertiary alicyclic amines) is 1. The molecule has 168 valence electrons. The molecule has 8 heteroatoms. The molecular weight excluding hydrogens is 395 g/mol. The molecule has 1 atom stereocenters. The van der Waals surface area contributed by atoms with Gasteiger partial charge in [0.1, 0.15) is 0 Å². The van der Waals surface area contributed by atoms with Crippen LogP contribution in [-0.4, -0.2) is 63.0 Å². The van der Waals surface area contributed by atoms with Gasteiger partial charge in [-0.25, -0.2) is 0 Å². The number of hydrogen-bond acceptors (Lipinski definition) is 3. The summed E-state index contributed by atoms with van der Waals surface area (Å²) in [5.41, 5.74) is 0.248. The third-order valence-corrected chi connectivity index (χ3v) is 5.72. The normalized spacial score (nSPS) is 21.7. The smallest absolute Gasteiger partial charge is 0.376 e. The highest BCUT2D eigenvalue weighted by molar-refractivity contribution is 5.79. The summed E-state index contributed by atoms with van der Waals surface area (Å²) in [6, 6.07) is 5.33. The third kappa shape index (κ3) is 6.87. The van der Waals surface area contributed by atoms with Crippen LogP contribution in [0.2, 0.25) is 0 Å². The summed E-state index contributed by atoms with van der Waals surface area (Å²) >= 11 is 0. The Hall–Kier alpha value is -1.80. The molecule has 0 radical (unpaired) electrons. The van der Waals surface area contributed by atoms with Crippen LogP contribution in [0.15, 0.2) is 29.3 Å². The Morgan fingerprint density at radius 1 is 1.17 bits per heavy atom. The zero-order chi connectivity index (χ0) is 21.4. The Kier molecular flexibility index (Phi) is 8.39. The highest BCUT2D eigenvalue weighted by Gasteiger charge is 2.30. The molecule has 2 saturated heterocycles. The van der Waals surface area contributed by atoms with Crippen LogP contribution in [0.1, 0.15) is 43.2 Å². The van der Waals surface area contributed by atoms with Gasteiger partial charge in [-0.15, -0.1) is 0 Å². The van der Waals surface area contributed by atoms with Crippen LogP contribution < -0.4 is 5.32 Å². The summed E-state index contributed by atoms with van der Waals surface area (Å²) < 4.78 is 49.7.